The highest BCUT2D eigenvalue weighted by Gasteiger charge is 2.09. The SMILES string of the molecule is Cc1cc(Cl)cc(C)c1OCCn1cc(C(=O)O)nn1. The van der Waals surface area contributed by atoms with Crippen molar-refractivity contribution >= 4 is 17.6 Å². The van der Waals surface area contributed by atoms with Crippen molar-refractivity contribution in [3.8, 4) is 5.75 Å². The zero-order chi connectivity index (χ0) is 14.7. The van der Waals surface area contributed by atoms with Gasteiger partial charge in [0.15, 0.2) is 5.69 Å². The van der Waals surface area contributed by atoms with Crippen molar-refractivity contribution in [2.75, 3.05) is 6.61 Å². The number of carboxylic acid groups (broad SMARTS) is 1. The van der Waals surface area contributed by atoms with Crippen LogP contribution in [0.1, 0.15) is 21.6 Å². The van der Waals surface area contributed by atoms with Crippen molar-refractivity contribution < 1.29 is 14.6 Å². The van der Waals surface area contributed by atoms with Crippen molar-refractivity contribution in [2.24, 2.45) is 0 Å². The van der Waals surface area contributed by atoms with Crippen LogP contribution in [0.4, 0.5) is 0 Å². The maximum atomic E-state index is 10.7. The first kappa shape index (κ1) is 14.3. The van der Waals surface area contributed by atoms with E-state index in [0.717, 1.165) is 16.9 Å². The number of hydrogen-bond donors (Lipinski definition) is 1. The molecule has 0 saturated heterocycles. The minimum atomic E-state index is -1.10. The third-order valence-corrected chi connectivity index (χ3v) is 2.97. The zero-order valence-electron chi connectivity index (χ0n) is 11.1. The number of carbonyl (C=O) groups is 1. The fraction of sp³-hybridized carbons (Fsp3) is 0.308. The van der Waals surface area contributed by atoms with Gasteiger partial charge >= 0.3 is 5.97 Å². The van der Waals surface area contributed by atoms with Crippen LogP contribution in [0.15, 0.2) is 18.3 Å². The molecule has 0 atom stereocenters. The highest BCUT2D eigenvalue weighted by molar-refractivity contribution is 6.30. The van der Waals surface area contributed by atoms with E-state index in [1.54, 1.807) is 0 Å². The lowest BCUT2D eigenvalue weighted by molar-refractivity contribution is 0.0690. The highest BCUT2D eigenvalue weighted by Crippen LogP contribution is 2.26. The number of benzene rings is 1. The molecule has 0 aliphatic rings. The lowest BCUT2D eigenvalue weighted by atomic mass is 10.1. The lowest BCUT2D eigenvalue weighted by Gasteiger charge is -2.12. The smallest absolute Gasteiger partial charge is 0.358 e. The lowest BCUT2D eigenvalue weighted by Crippen LogP contribution is -2.10. The Morgan fingerprint density at radius 2 is 2.05 bits per heavy atom. The Morgan fingerprint density at radius 1 is 1.40 bits per heavy atom. The van der Waals surface area contributed by atoms with Crippen LogP contribution in [0.5, 0.6) is 5.75 Å². The van der Waals surface area contributed by atoms with Crippen LogP contribution in [0.2, 0.25) is 5.02 Å². The Labute approximate surface area is 120 Å². The van der Waals surface area contributed by atoms with Crippen LogP contribution in [0.3, 0.4) is 0 Å². The summed E-state index contributed by atoms with van der Waals surface area (Å²) in [5.41, 5.74) is 1.84. The maximum absolute atomic E-state index is 10.7. The van der Waals surface area contributed by atoms with Crippen LogP contribution < -0.4 is 4.74 Å². The van der Waals surface area contributed by atoms with E-state index in [0.29, 0.717) is 18.2 Å². The summed E-state index contributed by atoms with van der Waals surface area (Å²) in [5, 5.41) is 16.7. The standard InChI is InChI=1S/C13H14ClN3O3/c1-8-5-10(14)6-9(2)12(8)20-4-3-17-7-11(13(18)19)15-16-17/h5-7H,3-4H2,1-2H3,(H,18,19). The van der Waals surface area contributed by atoms with Gasteiger partial charge in [0.25, 0.3) is 0 Å². The molecule has 20 heavy (non-hydrogen) atoms. The van der Waals surface area contributed by atoms with E-state index in [4.69, 9.17) is 21.4 Å². The predicted octanol–water partition coefficient (Wildman–Crippen LogP) is 2.33. The Hall–Kier alpha value is -2.08. The summed E-state index contributed by atoms with van der Waals surface area (Å²) in [4.78, 5) is 10.7. The van der Waals surface area contributed by atoms with Crippen LogP contribution in [-0.2, 0) is 6.54 Å². The van der Waals surface area contributed by atoms with Gasteiger partial charge in [-0.15, -0.1) is 5.10 Å². The number of halogens is 1. The van der Waals surface area contributed by atoms with Gasteiger partial charge in [-0.05, 0) is 37.1 Å². The molecular formula is C13H14ClN3O3. The second-order valence-corrected chi connectivity index (χ2v) is 4.83. The van der Waals surface area contributed by atoms with E-state index in [2.05, 4.69) is 10.3 Å². The third kappa shape index (κ3) is 3.27. The fourth-order valence-corrected chi connectivity index (χ4v) is 2.20. The first-order chi connectivity index (χ1) is 9.47. The van der Waals surface area contributed by atoms with Crippen LogP contribution in [-0.4, -0.2) is 32.7 Å². The summed E-state index contributed by atoms with van der Waals surface area (Å²) in [5.74, 6) is -0.311. The molecule has 0 saturated carbocycles. The molecule has 0 aliphatic heterocycles. The van der Waals surface area contributed by atoms with Gasteiger partial charge in [0.2, 0.25) is 0 Å². The van der Waals surface area contributed by atoms with Gasteiger partial charge in [-0.1, -0.05) is 16.8 Å². The number of nitrogens with zero attached hydrogens (tertiary/aromatic N) is 3. The van der Waals surface area contributed by atoms with Crippen molar-refractivity contribution in [1.82, 2.24) is 15.0 Å². The number of rotatable bonds is 5. The quantitative estimate of drug-likeness (QED) is 0.916. The van der Waals surface area contributed by atoms with Crippen molar-refractivity contribution in [3.63, 3.8) is 0 Å². The van der Waals surface area contributed by atoms with Crippen molar-refractivity contribution in [2.45, 2.75) is 20.4 Å². The molecular weight excluding hydrogens is 282 g/mol. The molecule has 0 radical (unpaired) electrons. The topological polar surface area (TPSA) is 77.2 Å². The Bertz CT molecular complexity index is 617. The molecule has 0 unspecified atom stereocenters. The molecule has 0 fully saturated rings. The first-order valence-corrected chi connectivity index (χ1v) is 6.38. The molecule has 1 N–H and O–H groups in total. The molecule has 0 aliphatic carbocycles. The molecule has 1 aromatic carbocycles. The Morgan fingerprint density at radius 3 is 2.60 bits per heavy atom. The van der Waals surface area contributed by atoms with Gasteiger partial charge in [0.05, 0.1) is 12.7 Å². The second-order valence-electron chi connectivity index (χ2n) is 4.39. The van der Waals surface area contributed by atoms with E-state index >= 15 is 0 Å². The molecule has 2 rings (SSSR count). The van der Waals surface area contributed by atoms with E-state index in [-0.39, 0.29) is 5.69 Å². The normalized spacial score (nSPS) is 10.6. The second kappa shape index (κ2) is 5.92. The largest absolute Gasteiger partial charge is 0.491 e. The molecule has 6 nitrogen and oxygen atoms in total. The van der Waals surface area contributed by atoms with Crippen molar-refractivity contribution in [1.29, 1.82) is 0 Å². The Kier molecular flexibility index (Phi) is 4.24. The number of ether oxygens (including phenoxy) is 1. The average molecular weight is 296 g/mol. The molecule has 0 amide bonds. The number of hydrogen-bond acceptors (Lipinski definition) is 4. The summed E-state index contributed by atoms with van der Waals surface area (Å²) in [6.45, 7) is 4.63. The van der Waals surface area contributed by atoms with Crippen LogP contribution >= 0.6 is 11.6 Å². The van der Waals surface area contributed by atoms with Gasteiger partial charge < -0.3 is 9.84 Å². The molecule has 7 heteroatoms. The number of carboxylic acids is 1. The van der Waals surface area contributed by atoms with Gasteiger partial charge in [0.1, 0.15) is 12.4 Å². The zero-order valence-corrected chi connectivity index (χ0v) is 11.9. The minimum absolute atomic E-state index is 0.0798. The first-order valence-electron chi connectivity index (χ1n) is 6.00. The highest BCUT2D eigenvalue weighted by atomic mass is 35.5. The summed E-state index contributed by atoms with van der Waals surface area (Å²) in [6, 6.07) is 3.67. The average Bonchev–Trinajstić information content (AvgIpc) is 2.81. The fourth-order valence-electron chi connectivity index (χ4n) is 1.87. The van der Waals surface area contributed by atoms with Gasteiger partial charge in [-0.3, -0.25) is 0 Å². The number of aryl methyl sites for hydroxylation is 2. The van der Waals surface area contributed by atoms with Crippen LogP contribution in [0.25, 0.3) is 0 Å². The molecule has 106 valence electrons. The van der Waals surface area contributed by atoms with Crippen molar-refractivity contribution in [3.05, 3.63) is 40.2 Å². The minimum Gasteiger partial charge on any atom is -0.491 e. The van der Waals surface area contributed by atoms with E-state index in [1.165, 1.54) is 10.9 Å². The van der Waals surface area contributed by atoms with Gasteiger partial charge in [-0.25, -0.2) is 9.48 Å². The Balaban J connectivity index is 1.97. The summed E-state index contributed by atoms with van der Waals surface area (Å²) < 4.78 is 7.14. The summed E-state index contributed by atoms with van der Waals surface area (Å²) in [6.07, 6.45) is 1.37. The summed E-state index contributed by atoms with van der Waals surface area (Å²) in [7, 11) is 0. The number of aromatic nitrogens is 3. The predicted molar refractivity (Wildman–Crippen MR) is 73.4 cm³/mol. The monoisotopic (exact) mass is 295 g/mol. The third-order valence-electron chi connectivity index (χ3n) is 2.75. The molecule has 1 heterocycles. The van der Waals surface area contributed by atoms with E-state index in [9.17, 15) is 4.79 Å². The van der Waals surface area contributed by atoms with E-state index < -0.39 is 5.97 Å². The summed E-state index contributed by atoms with van der Waals surface area (Å²) >= 11 is 5.95. The molecule has 0 spiro atoms. The maximum Gasteiger partial charge on any atom is 0.358 e. The van der Waals surface area contributed by atoms with E-state index in [1.807, 2.05) is 26.0 Å². The van der Waals surface area contributed by atoms with Gasteiger partial charge in [0, 0.05) is 5.02 Å². The van der Waals surface area contributed by atoms with Crippen LogP contribution in [0, 0.1) is 13.8 Å². The molecule has 0 bridgehead atoms. The van der Waals surface area contributed by atoms with Gasteiger partial charge in [-0.2, -0.15) is 0 Å². The molecule has 2 aromatic rings. The molecule has 1 aromatic heterocycles. The number of aromatic carboxylic acids is 1.